The Hall–Kier alpha value is -1.84. The van der Waals surface area contributed by atoms with Crippen LogP contribution >= 0.6 is 0 Å². The number of nitrogens with zero attached hydrogens (tertiary/aromatic N) is 1. The van der Waals surface area contributed by atoms with E-state index >= 15 is 0 Å². The molecule has 0 aliphatic carbocycles. The van der Waals surface area contributed by atoms with Gasteiger partial charge in [0, 0.05) is 39.0 Å². The van der Waals surface area contributed by atoms with Gasteiger partial charge in [0.25, 0.3) is 0 Å². The topological polar surface area (TPSA) is 66.5 Å². The molecule has 0 saturated carbocycles. The Kier molecular flexibility index (Phi) is 6.83. The molecular weight excluding hydrogens is 324 g/mol. The number of rotatable bonds is 7. The third-order valence-electron chi connectivity index (χ3n) is 4.08. The molecule has 0 unspecified atom stereocenters. The summed E-state index contributed by atoms with van der Waals surface area (Å²) >= 11 is 0. The molecule has 1 saturated heterocycles. The minimum atomic E-state index is -2.83. The van der Waals surface area contributed by atoms with Gasteiger partial charge in [-0.1, -0.05) is 24.3 Å². The fourth-order valence-electron chi connectivity index (χ4n) is 2.57. The first-order valence-electron chi connectivity index (χ1n) is 8.19. The normalized spacial score (nSPS) is 17.1. The molecule has 1 aliphatic heterocycles. The molecule has 5 nitrogen and oxygen atoms in total. The number of carbonyl (C=O) groups is 1. The van der Waals surface area contributed by atoms with Gasteiger partial charge in [-0.15, -0.1) is 12.3 Å². The molecule has 1 fully saturated rings. The van der Waals surface area contributed by atoms with Gasteiger partial charge in [-0.3, -0.25) is 9.69 Å². The molecule has 0 spiro atoms. The van der Waals surface area contributed by atoms with Gasteiger partial charge in [0.2, 0.25) is 5.91 Å². The number of hydrogen-bond donors (Lipinski definition) is 1. The van der Waals surface area contributed by atoms with E-state index in [-0.39, 0.29) is 17.4 Å². The lowest BCUT2D eigenvalue weighted by atomic mass is 10.1. The van der Waals surface area contributed by atoms with E-state index in [2.05, 4.69) is 16.1 Å². The van der Waals surface area contributed by atoms with E-state index in [0.717, 1.165) is 17.7 Å². The number of benzene rings is 1. The number of terminal acetylenes is 1. The highest BCUT2D eigenvalue weighted by Crippen LogP contribution is 2.11. The van der Waals surface area contributed by atoms with Gasteiger partial charge in [0.1, 0.15) is 0 Å². The zero-order valence-corrected chi connectivity index (χ0v) is 14.6. The molecule has 1 aliphatic rings. The van der Waals surface area contributed by atoms with Crippen LogP contribution in [0.2, 0.25) is 0 Å². The molecule has 0 radical (unpaired) electrons. The molecule has 6 heteroatoms. The minimum absolute atomic E-state index is 0.0175. The monoisotopic (exact) mass is 348 g/mol. The smallest absolute Gasteiger partial charge is 0.220 e. The number of hydrogen-bond acceptors (Lipinski definition) is 4. The Morgan fingerprint density at radius 1 is 1.17 bits per heavy atom. The van der Waals surface area contributed by atoms with E-state index in [4.69, 9.17) is 6.42 Å². The number of carbonyl (C=O) groups excluding carboxylic acids is 1. The second kappa shape index (κ2) is 8.86. The molecule has 0 aromatic heterocycles. The van der Waals surface area contributed by atoms with Crippen molar-refractivity contribution in [1.82, 2.24) is 10.2 Å². The molecule has 1 aromatic rings. The lowest BCUT2D eigenvalue weighted by molar-refractivity contribution is -0.121. The second-order valence-electron chi connectivity index (χ2n) is 6.08. The van der Waals surface area contributed by atoms with Gasteiger partial charge in [0.05, 0.1) is 11.5 Å². The first-order valence-corrected chi connectivity index (χ1v) is 10.0. The maximum atomic E-state index is 11.6. The Morgan fingerprint density at radius 3 is 2.42 bits per heavy atom. The Balaban J connectivity index is 1.75. The molecule has 0 atom stereocenters. The number of sulfone groups is 1. The maximum Gasteiger partial charge on any atom is 0.220 e. The van der Waals surface area contributed by atoms with E-state index in [9.17, 15) is 13.2 Å². The van der Waals surface area contributed by atoms with Crippen LogP contribution in [0.3, 0.4) is 0 Å². The second-order valence-corrected chi connectivity index (χ2v) is 8.38. The van der Waals surface area contributed by atoms with Crippen LogP contribution in [0.4, 0.5) is 0 Å². The van der Waals surface area contributed by atoms with Crippen LogP contribution in [0.25, 0.3) is 0 Å². The summed E-state index contributed by atoms with van der Waals surface area (Å²) in [7, 11) is -2.83. The van der Waals surface area contributed by atoms with E-state index < -0.39 is 9.84 Å². The lowest BCUT2D eigenvalue weighted by Gasteiger charge is -2.26. The fraction of sp³-hybridized carbons (Fsp3) is 0.500. The van der Waals surface area contributed by atoms with Crippen molar-refractivity contribution in [2.75, 3.05) is 24.6 Å². The highest BCUT2D eigenvalue weighted by atomic mass is 32.2. The zero-order valence-electron chi connectivity index (χ0n) is 13.8. The first-order chi connectivity index (χ1) is 11.5. The number of nitrogens with one attached hydrogen (secondary N) is 1. The predicted molar refractivity (Wildman–Crippen MR) is 94.9 cm³/mol. The summed E-state index contributed by atoms with van der Waals surface area (Å²) in [6.07, 6.45) is 6.96. The van der Waals surface area contributed by atoms with E-state index in [0.29, 0.717) is 38.9 Å². The third kappa shape index (κ3) is 6.34. The number of unbranched alkanes of at least 4 members (excludes halogenated alkanes) is 1. The summed E-state index contributed by atoms with van der Waals surface area (Å²) in [6, 6.07) is 8.06. The van der Waals surface area contributed by atoms with E-state index in [1.54, 1.807) is 0 Å². The zero-order chi connectivity index (χ0) is 17.4. The van der Waals surface area contributed by atoms with Gasteiger partial charge < -0.3 is 5.32 Å². The molecular formula is C18H24N2O3S. The number of amides is 1. The van der Waals surface area contributed by atoms with E-state index in [1.807, 2.05) is 24.3 Å². The van der Waals surface area contributed by atoms with Gasteiger partial charge in [-0.2, -0.15) is 0 Å². The fourth-order valence-corrected chi connectivity index (χ4v) is 3.85. The molecule has 1 aromatic carbocycles. The van der Waals surface area contributed by atoms with Gasteiger partial charge in [0.15, 0.2) is 9.84 Å². The van der Waals surface area contributed by atoms with Crippen LogP contribution in [-0.4, -0.2) is 43.8 Å². The van der Waals surface area contributed by atoms with Crippen molar-refractivity contribution in [2.24, 2.45) is 0 Å². The SMILES string of the molecule is C#CCCCC(=O)NCc1ccc(CN2CCS(=O)(=O)CC2)cc1. The van der Waals surface area contributed by atoms with Crippen molar-refractivity contribution in [2.45, 2.75) is 32.4 Å². The predicted octanol–water partition coefficient (Wildman–Crippen LogP) is 1.34. The van der Waals surface area contributed by atoms with Crippen molar-refractivity contribution < 1.29 is 13.2 Å². The standard InChI is InChI=1S/C18H24N2O3S/c1-2-3-4-5-18(21)19-14-16-6-8-17(9-7-16)15-20-10-12-24(22,23)13-11-20/h1,6-9H,3-5,10-15H2,(H,19,21). The van der Waals surface area contributed by atoms with Crippen molar-refractivity contribution >= 4 is 15.7 Å². The molecule has 1 N–H and O–H groups in total. The Labute approximate surface area is 144 Å². The summed E-state index contributed by atoms with van der Waals surface area (Å²) in [5, 5.41) is 2.88. The van der Waals surface area contributed by atoms with Gasteiger partial charge in [-0.05, 0) is 17.5 Å². The molecule has 1 amide bonds. The highest BCUT2D eigenvalue weighted by Gasteiger charge is 2.21. The average molecular weight is 348 g/mol. The van der Waals surface area contributed by atoms with Crippen LogP contribution in [0.15, 0.2) is 24.3 Å². The van der Waals surface area contributed by atoms with Crippen molar-refractivity contribution in [1.29, 1.82) is 0 Å². The Bertz CT molecular complexity index is 676. The third-order valence-corrected chi connectivity index (χ3v) is 5.69. The molecule has 1 heterocycles. The molecule has 2 rings (SSSR count). The van der Waals surface area contributed by atoms with Crippen molar-refractivity contribution in [3.05, 3.63) is 35.4 Å². The quantitative estimate of drug-likeness (QED) is 0.596. The molecule has 130 valence electrons. The van der Waals surface area contributed by atoms with E-state index in [1.165, 1.54) is 0 Å². The van der Waals surface area contributed by atoms with Crippen LogP contribution < -0.4 is 5.32 Å². The van der Waals surface area contributed by atoms with Gasteiger partial charge in [-0.25, -0.2) is 8.42 Å². The Morgan fingerprint density at radius 2 is 1.79 bits per heavy atom. The van der Waals surface area contributed by atoms with Crippen LogP contribution in [0.1, 0.15) is 30.4 Å². The summed E-state index contributed by atoms with van der Waals surface area (Å²) in [5.41, 5.74) is 2.20. The maximum absolute atomic E-state index is 11.6. The largest absolute Gasteiger partial charge is 0.352 e. The summed E-state index contributed by atoms with van der Waals surface area (Å²) < 4.78 is 22.9. The molecule has 24 heavy (non-hydrogen) atoms. The van der Waals surface area contributed by atoms with Crippen LogP contribution in [0, 0.1) is 12.3 Å². The molecule has 0 bridgehead atoms. The highest BCUT2D eigenvalue weighted by molar-refractivity contribution is 7.91. The van der Waals surface area contributed by atoms with Gasteiger partial charge >= 0.3 is 0 Å². The average Bonchev–Trinajstić information content (AvgIpc) is 2.56. The van der Waals surface area contributed by atoms with Crippen molar-refractivity contribution in [3.63, 3.8) is 0 Å². The summed E-state index contributed by atoms with van der Waals surface area (Å²) in [5.74, 6) is 3.03. The minimum Gasteiger partial charge on any atom is -0.352 e. The van der Waals surface area contributed by atoms with Crippen molar-refractivity contribution in [3.8, 4) is 12.3 Å². The summed E-state index contributed by atoms with van der Waals surface area (Å²) in [6.45, 7) is 2.46. The summed E-state index contributed by atoms with van der Waals surface area (Å²) in [4.78, 5) is 13.8. The first kappa shape index (κ1) is 18.5. The van der Waals surface area contributed by atoms with Crippen LogP contribution in [0.5, 0.6) is 0 Å². The lowest BCUT2D eigenvalue weighted by Crippen LogP contribution is -2.39. The van der Waals surface area contributed by atoms with Crippen LogP contribution in [-0.2, 0) is 27.7 Å².